The Morgan fingerprint density at radius 3 is 2.14 bits per heavy atom. The first-order valence-electron chi connectivity index (χ1n) is 5.26. The van der Waals surface area contributed by atoms with Crippen LogP contribution in [0.15, 0.2) is 0 Å². The van der Waals surface area contributed by atoms with Crippen molar-refractivity contribution in [3.05, 3.63) is 0 Å². The molecule has 0 aromatic carbocycles. The van der Waals surface area contributed by atoms with Gasteiger partial charge in [0.25, 0.3) is 0 Å². The maximum absolute atomic E-state index is 11.6. The summed E-state index contributed by atoms with van der Waals surface area (Å²) in [6.45, 7) is 6.22. The van der Waals surface area contributed by atoms with Gasteiger partial charge in [0.1, 0.15) is 0 Å². The summed E-state index contributed by atoms with van der Waals surface area (Å²) in [4.78, 5) is 11.6. The average molecular weight is 197 g/mol. The molecule has 0 saturated heterocycles. The summed E-state index contributed by atoms with van der Waals surface area (Å²) >= 11 is 0. The number of aliphatic hydroxyl groups excluding tert-OH is 1. The van der Waals surface area contributed by atoms with Crippen LogP contribution in [0.3, 0.4) is 0 Å². The molecule has 3 N–H and O–H groups in total. The highest BCUT2D eigenvalue weighted by molar-refractivity contribution is 5.83. The number of carbonyl (C=O) groups excluding carboxylic acids is 1. The van der Waals surface area contributed by atoms with Crippen molar-refractivity contribution in [3.8, 4) is 0 Å². The van der Waals surface area contributed by atoms with Gasteiger partial charge in [-0.3, -0.25) is 4.79 Å². The lowest BCUT2D eigenvalue weighted by atomic mass is 9.64. The third kappa shape index (κ3) is 0.724. The monoisotopic (exact) mass is 197 g/mol. The molecule has 0 radical (unpaired) electrons. The minimum Gasteiger partial charge on any atom is -0.393 e. The fraction of sp³-hybridized carbons (Fsp3) is 0.909. The molecule has 14 heavy (non-hydrogen) atoms. The summed E-state index contributed by atoms with van der Waals surface area (Å²) in [5.74, 6) is -0.234. The molecule has 80 valence electrons. The number of hydrogen-bond donors (Lipinski definition) is 2. The molecule has 0 unspecified atom stereocenters. The normalized spacial score (nSPS) is 49.6. The second-order valence-electron chi connectivity index (χ2n) is 5.71. The maximum Gasteiger partial charge on any atom is 0.224 e. The predicted octanol–water partition coefficient (Wildman–Crippen LogP) is 1.05. The van der Waals surface area contributed by atoms with Crippen LogP contribution >= 0.6 is 0 Å². The van der Waals surface area contributed by atoms with Crippen molar-refractivity contribution in [2.75, 3.05) is 0 Å². The fourth-order valence-corrected chi connectivity index (χ4v) is 3.67. The predicted molar refractivity (Wildman–Crippen MR) is 53.4 cm³/mol. The fourth-order valence-electron chi connectivity index (χ4n) is 3.67. The average Bonchev–Trinajstić information content (AvgIpc) is 2.34. The summed E-state index contributed by atoms with van der Waals surface area (Å²) in [6, 6.07) is 0. The third-order valence-corrected chi connectivity index (χ3v) is 5.44. The van der Waals surface area contributed by atoms with E-state index in [4.69, 9.17) is 5.73 Å². The highest BCUT2D eigenvalue weighted by atomic mass is 16.3. The van der Waals surface area contributed by atoms with E-state index in [0.717, 1.165) is 12.8 Å². The molecule has 2 aliphatic rings. The highest BCUT2D eigenvalue weighted by Crippen LogP contribution is 2.71. The standard InChI is InChI=1S/C11H19NO2/c1-9(2)10(3)4-5-11(9,8(12)14)6-7(10)13/h7,13H,4-6H2,1-3H3,(H2,12,14)/t7-,10-,11+/m0/s1. The van der Waals surface area contributed by atoms with Crippen molar-refractivity contribution < 1.29 is 9.90 Å². The number of carbonyl (C=O) groups is 1. The molecule has 0 spiro atoms. The summed E-state index contributed by atoms with van der Waals surface area (Å²) in [7, 11) is 0. The van der Waals surface area contributed by atoms with Crippen LogP contribution in [0.4, 0.5) is 0 Å². The highest BCUT2D eigenvalue weighted by Gasteiger charge is 2.71. The van der Waals surface area contributed by atoms with Crippen LogP contribution in [0.25, 0.3) is 0 Å². The topological polar surface area (TPSA) is 63.3 Å². The molecule has 2 bridgehead atoms. The van der Waals surface area contributed by atoms with Crippen LogP contribution in [0.5, 0.6) is 0 Å². The van der Waals surface area contributed by atoms with Crippen molar-refractivity contribution in [1.82, 2.24) is 0 Å². The van der Waals surface area contributed by atoms with Gasteiger partial charge in [-0.05, 0) is 30.1 Å². The van der Waals surface area contributed by atoms with E-state index in [-0.39, 0.29) is 22.8 Å². The van der Waals surface area contributed by atoms with Gasteiger partial charge in [0.2, 0.25) is 5.91 Å². The Hall–Kier alpha value is -0.570. The molecule has 2 rings (SSSR count). The molecule has 0 aromatic rings. The van der Waals surface area contributed by atoms with Gasteiger partial charge in [-0.1, -0.05) is 20.8 Å². The zero-order valence-electron chi connectivity index (χ0n) is 9.13. The Bertz CT molecular complexity index is 300. The minimum atomic E-state index is -0.471. The number of amides is 1. The van der Waals surface area contributed by atoms with Gasteiger partial charge >= 0.3 is 0 Å². The molecule has 0 aromatic heterocycles. The van der Waals surface area contributed by atoms with E-state index in [2.05, 4.69) is 20.8 Å². The van der Waals surface area contributed by atoms with E-state index in [0.29, 0.717) is 6.42 Å². The van der Waals surface area contributed by atoms with Crippen molar-refractivity contribution >= 4 is 5.91 Å². The molecule has 2 aliphatic carbocycles. The zero-order valence-corrected chi connectivity index (χ0v) is 9.13. The number of rotatable bonds is 1. The molecule has 2 saturated carbocycles. The van der Waals surface area contributed by atoms with Crippen molar-refractivity contribution in [1.29, 1.82) is 0 Å². The van der Waals surface area contributed by atoms with Crippen molar-refractivity contribution in [2.24, 2.45) is 22.0 Å². The van der Waals surface area contributed by atoms with Crippen molar-refractivity contribution in [2.45, 2.75) is 46.1 Å². The Balaban J connectivity index is 2.54. The Morgan fingerprint density at radius 2 is 1.93 bits per heavy atom. The lowest BCUT2D eigenvalue weighted by Gasteiger charge is -2.39. The largest absolute Gasteiger partial charge is 0.393 e. The summed E-state index contributed by atoms with van der Waals surface area (Å²) in [5, 5.41) is 10.0. The minimum absolute atomic E-state index is 0.137. The van der Waals surface area contributed by atoms with Crippen LogP contribution in [0.2, 0.25) is 0 Å². The summed E-state index contributed by atoms with van der Waals surface area (Å²) in [6.07, 6.45) is 1.91. The second kappa shape index (κ2) is 2.32. The van der Waals surface area contributed by atoms with Gasteiger partial charge in [0, 0.05) is 0 Å². The number of aliphatic hydroxyl groups is 1. The van der Waals surface area contributed by atoms with Gasteiger partial charge < -0.3 is 10.8 Å². The summed E-state index contributed by atoms with van der Waals surface area (Å²) < 4.78 is 0. The molecule has 3 atom stereocenters. The van der Waals surface area contributed by atoms with Crippen LogP contribution in [0.1, 0.15) is 40.0 Å². The quantitative estimate of drug-likeness (QED) is 0.660. The second-order valence-corrected chi connectivity index (χ2v) is 5.71. The third-order valence-electron chi connectivity index (χ3n) is 5.44. The zero-order chi connectivity index (χ0) is 10.8. The van der Waals surface area contributed by atoms with E-state index >= 15 is 0 Å². The molecule has 3 nitrogen and oxygen atoms in total. The van der Waals surface area contributed by atoms with Crippen LogP contribution < -0.4 is 5.73 Å². The van der Waals surface area contributed by atoms with Gasteiger partial charge in [0.15, 0.2) is 0 Å². The van der Waals surface area contributed by atoms with Crippen LogP contribution in [-0.4, -0.2) is 17.1 Å². The van der Waals surface area contributed by atoms with E-state index in [1.807, 2.05) is 0 Å². The molecule has 3 heteroatoms. The number of primary amides is 1. The Kier molecular flexibility index (Phi) is 1.65. The Labute approximate surface area is 84.7 Å². The van der Waals surface area contributed by atoms with Gasteiger partial charge in [-0.15, -0.1) is 0 Å². The summed E-state index contributed by atoms with van der Waals surface area (Å²) in [5.41, 5.74) is 4.73. The van der Waals surface area contributed by atoms with Gasteiger partial charge in [-0.2, -0.15) is 0 Å². The van der Waals surface area contributed by atoms with E-state index in [9.17, 15) is 9.90 Å². The first kappa shape index (κ1) is 9.97. The van der Waals surface area contributed by atoms with Gasteiger partial charge in [-0.25, -0.2) is 0 Å². The number of fused-ring (bicyclic) bond motifs is 2. The van der Waals surface area contributed by atoms with Crippen LogP contribution in [-0.2, 0) is 4.79 Å². The van der Waals surface area contributed by atoms with E-state index < -0.39 is 5.41 Å². The first-order valence-corrected chi connectivity index (χ1v) is 5.26. The Morgan fingerprint density at radius 1 is 1.36 bits per heavy atom. The number of nitrogens with two attached hydrogens (primary N) is 1. The molecule has 0 heterocycles. The molecule has 0 aliphatic heterocycles. The smallest absolute Gasteiger partial charge is 0.224 e. The van der Waals surface area contributed by atoms with Crippen molar-refractivity contribution in [3.63, 3.8) is 0 Å². The molecule has 1 amide bonds. The number of hydrogen-bond acceptors (Lipinski definition) is 2. The molecular weight excluding hydrogens is 178 g/mol. The molecule has 2 fully saturated rings. The lowest BCUT2D eigenvalue weighted by Crippen LogP contribution is -2.44. The molecular formula is C11H19NO2. The van der Waals surface area contributed by atoms with Crippen LogP contribution in [0, 0.1) is 16.2 Å². The van der Waals surface area contributed by atoms with Gasteiger partial charge in [0.05, 0.1) is 11.5 Å². The maximum atomic E-state index is 11.6. The lowest BCUT2D eigenvalue weighted by molar-refractivity contribution is -0.132. The van der Waals surface area contributed by atoms with E-state index in [1.165, 1.54) is 0 Å². The van der Waals surface area contributed by atoms with E-state index in [1.54, 1.807) is 0 Å². The SMILES string of the molecule is CC1(C)[C@]2(C(N)=O)CC[C@@]1(C)[C@@H](O)C2. The first-order chi connectivity index (χ1) is 6.28.